The first-order valence-corrected chi connectivity index (χ1v) is 12.2. The molecule has 1 fully saturated rings. The molecule has 0 spiro atoms. The van der Waals surface area contributed by atoms with Crippen LogP contribution in [0.15, 0.2) is 64.4 Å². The number of carbonyl (C=O) groups excluding carboxylic acids is 1. The van der Waals surface area contributed by atoms with Crippen LogP contribution in [0.2, 0.25) is 0 Å². The Labute approximate surface area is 190 Å². The van der Waals surface area contributed by atoms with Gasteiger partial charge in [-0.25, -0.2) is 13.1 Å². The van der Waals surface area contributed by atoms with Crippen molar-refractivity contribution in [3.8, 4) is 0 Å². The van der Waals surface area contributed by atoms with Crippen LogP contribution in [0.1, 0.15) is 19.3 Å². The number of rotatable bonds is 5. The highest BCUT2D eigenvalue weighted by atomic mass is 32.2. The molecule has 9 nitrogen and oxygen atoms in total. The van der Waals surface area contributed by atoms with Crippen molar-refractivity contribution in [1.29, 1.82) is 0 Å². The topological polar surface area (TPSA) is 117 Å². The average Bonchev–Trinajstić information content (AvgIpc) is 3.21. The van der Waals surface area contributed by atoms with Gasteiger partial charge in [0.1, 0.15) is 12.1 Å². The molecule has 2 aromatic heterocycles. The molecule has 2 N–H and O–H groups in total. The summed E-state index contributed by atoms with van der Waals surface area (Å²) in [6, 6.07) is 13.6. The van der Waals surface area contributed by atoms with Crippen LogP contribution in [0.25, 0.3) is 21.8 Å². The molecule has 0 atom stereocenters. The maximum absolute atomic E-state index is 12.8. The van der Waals surface area contributed by atoms with Crippen molar-refractivity contribution in [1.82, 2.24) is 19.1 Å². The zero-order chi connectivity index (χ0) is 23.0. The monoisotopic (exact) mass is 465 g/mol. The molecule has 0 radical (unpaired) electrons. The van der Waals surface area contributed by atoms with Gasteiger partial charge in [0, 0.05) is 35.1 Å². The Morgan fingerprint density at radius 3 is 2.48 bits per heavy atom. The van der Waals surface area contributed by atoms with Gasteiger partial charge in [-0.2, -0.15) is 9.40 Å². The Morgan fingerprint density at radius 2 is 1.73 bits per heavy atom. The number of nitrogens with one attached hydrogen (secondary N) is 2. The van der Waals surface area contributed by atoms with Gasteiger partial charge in [0.25, 0.3) is 5.56 Å². The predicted molar refractivity (Wildman–Crippen MR) is 126 cm³/mol. The fraction of sp³-hybridized carbons (Fsp3) is 0.261. The van der Waals surface area contributed by atoms with Crippen molar-refractivity contribution in [3.05, 3.63) is 65.1 Å². The van der Waals surface area contributed by atoms with Crippen molar-refractivity contribution in [2.75, 3.05) is 18.4 Å². The SMILES string of the molecule is O=C(Cn1ncc2c([nH]c3ccccc32)c1=O)Nc1ccc(S(=O)(=O)N2CCCCC2)cc1. The van der Waals surface area contributed by atoms with Crippen molar-refractivity contribution in [3.63, 3.8) is 0 Å². The number of nitrogens with zero attached hydrogens (tertiary/aromatic N) is 3. The number of aromatic amines is 1. The zero-order valence-corrected chi connectivity index (χ0v) is 18.6. The van der Waals surface area contributed by atoms with E-state index in [2.05, 4.69) is 15.4 Å². The molecular weight excluding hydrogens is 442 g/mol. The van der Waals surface area contributed by atoms with Gasteiger partial charge in [0.2, 0.25) is 15.9 Å². The molecule has 33 heavy (non-hydrogen) atoms. The first-order chi connectivity index (χ1) is 15.9. The average molecular weight is 466 g/mol. The smallest absolute Gasteiger partial charge is 0.291 e. The zero-order valence-electron chi connectivity index (χ0n) is 17.8. The second kappa shape index (κ2) is 8.45. The van der Waals surface area contributed by atoms with Crippen LogP contribution in [0, 0.1) is 0 Å². The van der Waals surface area contributed by atoms with Crippen LogP contribution in [0.5, 0.6) is 0 Å². The van der Waals surface area contributed by atoms with Crippen molar-refractivity contribution in [2.45, 2.75) is 30.7 Å². The number of fused-ring (bicyclic) bond motifs is 3. The molecule has 0 aliphatic carbocycles. The maximum Gasteiger partial charge on any atom is 0.291 e. The number of sulfonamides is 1. The second-order valence-corrected chi connectivity index (χ2v) is 10.0. The summed E-state index contributed by atoms with van der Waals surface area (Å²) in [4.78, 5) is 28.6. The molecule has 1 aliphatic heterocycles. The summed E-state index contributed by atoms with van der Waals surface area (Å²) in [6.07, 6.45) is 4.35. The highest BCUT2D eigenvalue weighted by Crippen LogP contribution is 2.23. The van der Waals surface area contributed by atoms with Gasteiger partial charge < -0.3 is 10.3 Å². The van der Waals surface area contributed by atoms with E-state index in [4.69, 9.17) is 0 Å². The largest absolute Gasteiger partial charge is 0.350 e. The third-order valence-corrected chi connectivity index (χ3v) is 7.82. The number of hydrogen-bond donors (Lipinski definition) is 2. The Kier molecular flexibility index (Phi) is 5.47. The summed E-state index contributed by atoms with van der Waals surface area (Å²) < 4.78 is 28.1. The van der Waals surface area contributed by atoms with Crippen LogP contribution in [-0.4, -0.2) is 46.5 Å². The van der Waals surface area contributed by atoms with Crippen LogP contribution < -0.4 is 10.9 Å². The molecule has 1 aliphatic rings. The second-order valence-electron chi connectivity index (χ2n) is 8.10. The number of piperidine rings is 1. The molecule has 0 unspecified atom stereocenters. The minimum absolute atomic E-state index is 0.199. The Bertz CT molecular complexity index is 1500. The molecule has 3 heterocycles. The van der Waals surface area contributed by atoms with E-state index in [0.717, 1.165) is 34.8 Å². The Balaban J connectivity index is 1.31. The van der Waals surface area contributed by atoms with E-state index in [1.165, 1.54) is 16.4 Å². The number of carbonyl (C=O) groups is 1. The molecule has 170 valence electrons. The lowest BCUT2D eigenvalue weighted by Crippen LogP contribution is -2.35. The number of amides is 1. The predicted octanol–water partition coefficient (Wildman–Crippen LogP) is 2.69. The third kappa shape index (κ3) is 4.03. The lowest BCUT2D eigenvalue weighted by Gasteiger charge is -2.25. The minimum atomic E-state index is -3.53. The number of aromatic nitrogens is 3. The Hall–Kier alpha value is -3.50. The van der Waals surface area contributed by atoms with Gasteiger partial charge in [-0.1, -0.05) is 24.6 Å². The van der Waals surface area contributed by atoms with Gasteiger partial charge in [0.15, 0.2) is 0 Å². The quantitative estimate of drug-likeness (QED) is 0.470. The molecule has 10 heteroatoms. The summed E-state index contributed by atoms with van der Waals surface area (Å²) in [5, 5.41) is 8.44. The van der Waals surface area contributed by atoms with Crippen LogP contribution in [0.4, 0.5) is 5.69 Å². The molecule has 0 saturated carbocycles. The fourth-order valence-corrected chi connectivity index (χ4v) is 5.71. The normalized spacial score (nSPS) is 15.2. The third-order valence-electron chi connectivity index (χ3n) is 5.91. The van der Waals surface area contributed by atoms with E-state index in [-0.39, 0.29) is 17.0 Å². The lowest BCUT2D eigenvalue weighted by molar-refractivity contribution is -0.117. The first-order valence-electron chi connectivity index (χ1n) is 10.8. The standard InChI is InChI=1S/C23H23N5O4S/c29-21(15-28-23(30)22-19(14-24-28)18-6-2-3-7-20(18)26-22)25-16-8-10-17(11-9-16)33(31,32)27-12-4-1-5-13-27/h2-3,6-11,14,26H,1,4-5,12-13,15H2,(H,25,29). The summed E-state index contributed by atoms with van der Waals surface area (Å²) >= 11 is 0. The van der Waals surface area contributed by atoms with Crippen LogP contribution in [0.3, 0.4) is 0 Å². The summed E-state index contributed by atoms with van der Waals surface area (Å²) in [5.41, 5.74) is 1.28. The van der Waals surface area contributed by atoms with E-state index < -0.39 is 15.9 Å². The van der Waals surface area contributed by atoms with Gasteiger partial charge >= 0.3 is 0 Å². The summed E-state index contributed by atoms with van der Waals surface area (Å²) in [6.45, 7) is 0.796. The molecule has 4 aromatic rings. The molecular formula is C23H23N5O4S. The highest BCUT2D eigenvalue weighted by Gasteiger charge is 2.25. The molecule has 5 rings (SSSR count). The lowest BCUT2D eigenvalue weighted by atomic mass is 10.2. The molecule has 1 amide bonds. The van der Waals surface area contributed by atoms with Crippen LogP contribution >= 0.6 is 0 Å². The Morgan fingerprint density at radius 1 is 1.00 bits per heavy atom. The van der Waals surface area contributed by atoms with E-state index in [9.17, 15) is 18.0 Å². The van der Waals surface area contributed by atoms with E-state index in [0.29, 0.717) is 29.7 Å². The number of H-pyrrole nitrogens is 1. The highest BCUT2D eigenvalue weighted by molar-refractivity contribution is 7.89. The molecule has 1 saturated heterocycles. The number of para-hydroxylation sites is 1. The molecule has 2 aromatic carbocycles. The first kappa shape index (κ1) is 21.4. The number of hydrogen-bond acceptors (Lipinski definition) is 5. The maximum atomic E-state index is 12.8. The van der Waals surface area contributed by atoms with E-state index in [1.807, 2.05) is 24.3 Å². The minimum Gasteiger partial charge on any atom is -0.350 e. The molecule has 0 bridgehead atoms. The van der Waals surface area contributed by atoms with Crippen LogP contribution in [-0.2, 0) is 21.4 Å². The summed E-state index contributed by atoms with van der Waals surface area (Å²) in [5.74, 6) is -0.438. The number of anilines is 1. The van der Waals surface area contributed by atoms with Crippen molar-refractivity contribution in [2.24, 2.45) is 0 Å². The van der Waals surface area contributed by atoms with Crippen molar-refractivity contribution >= 4 is 43.4 Å². The van der Waals surface area contributed by atoms with Gasteiger partial charge in [-0.05, 0) is 43.2 Å². The summed E-state index contributed by atoms with van der Waals surface area (Å²) in [7, 11) is -3.53. The van der Waals surface area contributed by atoms with E-state index >= 15 is 0 Å². The van der Waals surface area contributed by atoms with E-state index in [1.54, 1.807) is 18.3 Å². The fourth-order valence-electron chi connectivity index (χ4n) is 4.19. The van der Waals surface area contributed by atoms with Gasteiger partial charge in [-0.15, -0.1) is 0 Å². The van der Waals surface area contributed by atoms with Crippen molar-refractivity contribution < 1.29 is 13.2 Å². The number of benzene rings is 2. The van der Waals surface area contributed by atoms with Gasteiger partial charge in [0.05, 0.1) is 11.1 Å². The van der Waals surface area contributed by atoms with Gasteiger partial charge in [-0.3, -0.25) is 9.59 Å².